The predicted octanol–water partition coefficient (Wildman–Crippen LogP) is 4.12. The van der Waals surface area contributed by atoms with Gasteiger partial charge in [-0.15, -0.1) is 0 Å². The molecule has 3 nitrogen and oxygen atoms in total. The highest BCUT2D eigenvalue weighted by atomic mass is 79.9. The van der Waals surface area contributed by atoms with E-state index >= 15 is 0 Å². The second kappa shape index (κ2) is 8.04. The van der Waals surface area contributed by atoms with Crippen molar-refractivity contribution in [1.82, 2.24) is 9.88 Å². The zero-order valence-corrected chi connectivity index (χ0v) is 15.0. The number of hydrogen-bond donors (Lipinski definition) is 1. The maximum Gasteiger partial charge on any atom is 0.0312 e. The molecule has 1 aromatic heterocycles. The summed E-state index contributed by atoms with van der Waals surface area (Å²) in [6.07, 6.45) is 8.45. The molecule has 1 saturated carbocycles. The first kappa shape index (κ1) is 16.6. The molecule has 1 aromatic carbocycles. The minimum Gasteiger partial charge on any atom is -0.328 e. The average molecular weight is 374 g/mol. The van der Waals surface area contributed by atoms with Gasteiger partial charge in [-0.3, -0.25) is 9.88 Å². The van der Waals surface area contributed by atoms with Gasteiger partial charge in [0.1, 0.15) is 0 Å². The first-order chi connectivity index (χ1) is 11.2. The van der Waals surface area contributed by atoms with E-state index in [1.807, 2.05) is 18.5 Å². The lowest BCUT2D eigenvalue weighted by Crippen LogP contribution is -2.40. The van der Waals surface area contributed by atoms with Gasteiger partial charge in [0.2, 0.25) is 0 Å². The highest BCUT2D eigenvalue weighted by Gasteiger charge is 2.24. The molecule has 4 heteroatoms. The molecule has 2 N–H and O–H groups in total. The van der Waals surface area contributed by atoms with Gasteiger partial charge in [-0.25, -0.2) is 0 Å². The second-order valence-corrected chi connectivity index (χ2v) is 7.38. The van der Waals surface area contributed by atoms with Crippen molar-refractivity contribution in [3.63, 3.8) is 0 Å². The Bertz CT molecular complexity index is 609. The maximum atomic E-state index is 6.09. The first-order valence-electron chi connectivity index (χ1n) is 8.33. The highest BCUT2D eigenvalue weighted by Crippen LogP contribution is 2.26. The predicted molar refractivity (Wildman–Crippen MR) is 97.9 cm³/mol. The largest absolute Gasteiger partial charge is 0.328 e. The van der Waals surface area contributed by atoms with Gasteiger partial charge >= 0.3 is 0 Å². The number of hydrogen-bond acceptors (Lipinski definition) is 3. The van der Waals surface area contributed by atoms with Crippen molar-refractivity contribution < 1.29 is 0 Å². The van der Waals surface area contributed by atoms with Crippen molar-refractivity contribution in [3.05, 3.63) is 64.4 Å². The highest BCUT2D eigenvalue weighted by molar-refractivity contribution is 9.10. The Kier molecular flexibility index (Phi) is 5.81. The molecule has 23 heavy (non-hydrogen) atoms. The van der Waals surface area contributed by atoms with Crippen molar-refractivity contribution >= 4 is 15.9 Å². The van der Waals surface area contributed by atoms with Crippen LogP contribution in [0, 0.1) is 0 Å². The molecule has 0 radical (unpaired) electrons. The summed E-state index contributed by atoms with van der Waals surface area (Å²) in [6.45, 7) is 1.91. The number of benzene rings is 1. The normalized spacial score (nSPS) is 21.5. The van der Waals surface area contributed by atoms with E-state index in [1.54, 1.807) is 0 Å². The van der Waals surface area contributed by atoms with Crippen molar-refractivity contribution in [2.24, 2.45) is 5.73 Å². The molecule has 0 spiro atoms. The molecule has 1 heterocycles. The Balaban J connectivity index is 1.75. The van der Waals surface area contributed by atoms with Gasteiger partial charge in [0.25, 0.3) is 0 Å². The summed E-state index contributed by atoms with van der Waals surface area (Å²) in [5.41, 5.74) is 8.71. The second-order valence-electron chi connectivity index (χ2n) is 6.46. The number of rotatable bonds is 5. The summed E-state index contributed by atoms with van der Waals surface area (Å²) in [5.74, 6) is 0. The standard InChI is InChI=1S/C19H24BrN3/c20-17-5-1-3-15(11-17)13-23(14-16-4-2-10-22-12-16)19-8-6-18(21)7-9-19/h1-5,10-12,18-19H,6-9,13-14,21H2. The fraction of sp³-hybridized carbons (Fsp3) is 0.421. The molecule has 0 bridgehead atoms. The third-order valence-corrected chi connectivity index (χ3v) is 5.13. The molecular formula is C19H24BrN3. The Morgan fingerprint density at radius 3 is 2.48 bits per heavy atom. The Morgan fingerprint density at radius 2 is 1.78 bits per heavy atom. The molecule has 0 unspecified atom stereocenters. The molecule has 0 saturated heterocycles. The number of halogens is 1. The molecule has 2 aromatic rings. The van der Waals surface area contributed by atoms with Crippen LogP contribution in [-0.2, 0) is 13.1 Å². The summed E-state index contributed by atoms with van der Waals surface area (Å²) >= 11 is 3.58. The molecule has 3 rings (SSSR count). The van der Waals surface area contributed by atoms with E-state index in [4.69, 9.17) is 5.73 Å². The van der Waals surface area contributed by atoms with Crippen LogP contribution in [-0.4, -0.2) is 22.0 Å². The van der Waals surface area contributed by atoms with E-state index in [1.165, 1.54) is 24.0 Å². The van der Waals surface area contributed by atoms with Gasteiger partial charge in [-0.2, -0.15) is 0 Å². The first-order valence-corrected chi connectivity index (χ1v) is 9.13. The molecular weight excluding hydrogens is 350 g/mol. The average Bonchev–Trinajstić information content (AvgIpc) is 2.56. The van der Waals surface area contributed by atoms with Gasteiger partial charge in [-0.05, 0) is 55.0 Å². The van der Waals surface area contributed by atoms with Gasteiger partial charge in [0, 0.05) is 42.0 Å². The number of nitrogens with two attached hydrogens (primary N) is 1. The van der Waals surface area contributed by atoms with Crippen LogP contribution >= 0.6 is 15.9 Å². The number of pyridine rings is 1. The molecule has 1 aliphatic rings. The van der Waals surface area contributed by atoms with Gasteiger partial charge < -0.3 is 5.73 Å². The third kappa shape index (κ3) is 4.87. The minimum absolute atomic E-state index is 0.386. The van der Waals surface area contributed by atoms with E-state index in [0.717, 1.165) is 30.4 Å². The molecule has 0 atom stereocenters. The van der Waals surface area contributed by atoms with Crippen LogP contribution in [0.15, 0.2) is 53.3 Å². The summed E-state index contributed by atoms with van der Waals surface area (Å²) < 4.78 is 1.14. The summed E-state index contributed by atoms with van der Waals surface area (Å²) in [4.78, 5) is 6.85. The molecule has 1 fully saturated rings. The fourth-order valence-corrected chi connectivity index (χ4v) is 3.82. The monoisotopic (exact) mass is 373 g/mol. The molecule has 122 valence electrons. The van der Waals surface area contributed by atoms with Gasteiger partial charge in [0.05, 0.1) is 0 Å². The summed E-state index contributed by atoms with van der Waals surface area (Å²) in [6, 6.07) is 13.8. The summed E-state index contributed by atoms with van der Waals surface area (Å²) in [5, 5.41) is 0. The van der Waals surface area contributed by atoms with Crippen LogP contribution in [0.2, 0.25) is 0 Å². The van der Waals surface area contributed by atoms with Crippen LogP contribution in [0.1, 0.15) is 36.8 Å². The van der Waals surface area contributed by atoms with Gasteiger partial charge in [0.15, 0.2) is 0 Å². The van der Waals surface area contributed by atoms with E-state index in [0.29, 0.717) is 12.1 Å². The van der Waals surface area contributed by atoms with Crippen molar-refractivity contribution in [2.75, 3.05) is 0 Å². The van der Waals surface area contributed by atoms with E-state index in [9.17, 15) is 0 Å². The van der Waals surface area contributed by atoms with Crippen LogP contribution in [0.25, 0.3) is 0 Å². The van der Waals surface area contributed by atoms with Crippen LogP contribution in [0.3, 0.4) is 0 Å². The lowest BCUT2D eigenvalue weighted by Gasteiger charge is -2.36. The zero-order valence-electron chi connectivity index (χ0n) is 13.4. The summed E-state index contributed by atoms with van der Waals surface area (Å²) in [7, 11) is 0. The van der Waals surface area contributed by atoms with Crippen molar-refractivity contribution in [2.45, 2.75) is 50.9 Å². The SMILES string of the molecule is NC1CCC(N(Cc2cccnc2)Cc2cccc(Br)c2)CC1. The quantitative estimate of drug-likeness (QED) is 0.856. The van der Waals surface area contributed by atoms with E-state index < -0.39 is 0 Å². The fourth-order valence-electron chi connectivity index (χ4n) is 3.38. The lowest BCUT2D eigenvalue weighted by atomic mass is 9.90. The van der Waals surface area contributed by atoms with Crippen molar-refractivity contribution in [1.29, 1.82) is 0 Å². The number of aromatic nitrogens is 1. The molecule has 0 amide bonds. The zero-order chi connectivity index (χ0) is 16.1. The maximum absolute atomic E-state index is 6.09. The van der Waals surface area contributed by atoms with Gasteiger partial charge in [-0.1, -0.05) is 34.1 Å². The molecule has 1 aliphatic carbocycles. The van der Waals surface area contributed by atoms with E-state index in [2.05, 4.69) is 56.1 Å². The van der Waals surface area contributed by atoms with Crippen LogP contribution in [0.5, 0.6) is 0 Å². The number of nitrogens with zero attached hydrogens (tertiary/aromatic N) is 2. The third-order valence-electron chi connectivity index (χ3n) is 4.64. The Hall–Kier alpha value is -1.23. The topological polar surface area (TPSA) is 42.1 Å². The Labute approximate surface area is 147 Å². The van der Waals surface area contributed by atoms with E-state index in [-0.39, 0.29) is 0 Å². The molecule has 0 aliphatic heterocycles. The van der Waals surface area contributed by atoms with Crippen LogP contribution in [0.4, 0.5) is 0 Å². The smallest absolute Gasteiger partial charge is 0.0312 e. The Morgan fingerprint density at radius 1 is 1.04 bits per heavy atom. The van der Waals surface area contributed by atoms with Crippen molar-refractivity contribution in [3.8, 4) is 0 Å². The van der Waals surface area contributed by atoms with Crippen LogP contribution < -0.4 is 5.73 Å². The lowest BCUT2D eigenvalue weighted by molar-refractivity contribution is 0.134. The minimum atomic E-state index is 0.386.